The zero-order valence-corrected chi connectivity index (χ0v) is 22.9. The number of nitrogens with zero attached hydrogens (tertiary/aromatic N) is 1. The SMILES string of the molecule is CCOc1cccc2c1O[C@](C)(CCC(=O)O)[C@H]1CC3(CCN(C(=O)CC4(O)CCCCC4)CC3)CO[C@H]21. The molecule has 1 amide bonds. The van der Waals surface area contributed by atoms with Crippen LogP contribution in [-0.4, -0.2) is 64.5 Å². The van der Waals surface area contributed by atoms with Gasteiger partial charge in [0, 0.05) is 31.0 Å². The summed E-state index contributed by atoms with van der Waals surface area (Å²) >= 11 is 0. The largest absolute Gasteiger partial charge is 0.490 e. The number of hydrogen-bond acceptors (Lipinski definition) is 6. The van der Waals surface area contributed by atoms with Gasteiger partial charge >= 0.3 is 5.97 Å². The molecule has 1 aliphatic carbocycles. The van der Waals surface area contributed by atoms with Crippen molar-refractivity contribution in [3.8, 4) is 11.5 Å². The molecule has 1 spiro atoms. The van der Waals surface area contributed by atoms with Crippen molar-refractivity contribution in [3.63, 3.8) is 0 Å². The quantitative estimate of drug-likeness (QED) is 0.519. The Kier molecular flexibility index (Phi) is 7.66. The van der Waals surface area contributed by atoms with Gasteiger partial charge in [0.2, 0.25) is 5.91 Å². The van der Waals surface area contributed by atoms with Crippen molar-refractivity contribution in [1.29, 1.82) is 0 Å². The Morgan fingerprint density at radius 2 is 1.87 bits per heavy atom. The van der Waals surface area contributed by atoms with Gasteiger partial charge in [0.15, 0.2) is 11.5 Å². The molecular formula is C30H43NO7. The summed E-state index contributed by atoms with van der Waals surface area (Å²) in [6.45, 7) is 6.39. The normalized spacial score (nSPS) is 29.6. The average molecular weight is 530 g/mol. The van der Waals surface area contributed by atoms with Crippen molar-refractivity contribution in [2.75, 3.05) is 26.3 Å². The number of rotatable bonds is 7. The van der Waals surface area contributed by atoms with Crippen molar-refractivity contribution in [2.24, 2.45) is 11.3 Å². The van der Waals surface area contributed by atoms with E-state index in [-0.39, 0.29) is 36.2 Å². The summed E-state index contributed by atoms with van der Waals surface area (Å²) in [4.78, 5) is 26.6. The van der Waals surface area contributed by atoms with E-state index in [1.165, 1.54) is 0 Å². The smallest absolute Gasteiger partial charge is 0.303 e. The summed E-state index contributed by atoms with van der Waals surface area (Å²) in [5, 5.41) is 20.4. The number of aliphatic hydroxyl groups is 1. The molecule has 1 aromatic rings. The number of hydrogen-bond donors (Lipinski definition) is 2. The summed E-state index contributed by atoms with van der Waals surface area (Å²) in [6.07, 6.45) is 7.51. The van der Waals surface area contributed by atoms with E-state index < -0.39 is 17.2 Å². The Morgan fingerprint density at radius 1 is 1.13 bits per heavy atom. The molecular weight excluding hydrogens is 486 g/mol. The Balaban J connectivity index is 1.32. The molecule has 0 aromatic heterocycles. The molecule has 0 bridgehead atoms. The average Bonchev–Trinajstić information content (AvgIpc) is 2.89. The molecule has 2 saturated heterocycles. The van der Waals surface area contributed by atoms with Gasteiger partial charge in [-0.25, -0.2) is 0 Å². The molecule has 2 N–H and O–H groups in total. The third-order valence-corrected chi connectivity index (χ3v) is 9.60. The van der Waals surface area contributed by atoms with Crippen molar-refractivity contribution in [2.45, 2.75) is 102 Å². The number of likely N-dealkylation sites (tertiary alicyclic amines) is 1. The lowest BCUT2D eigenvalue weighted by atomic mass is 9.63. The highest BCUT2D eigenvalue weighted by Gasteiger charge is 2.55. The fourth-order valence-electron chi connectivity index (χ4n) is 7.25. The minimum atomic E-state index is -0.842. The monoisotopic (exact) mass is 529 g/mol. The van der Waals surface area contributed by atoms with Gasteiger partial charge in [0.05, 0.1) is 31.3 Å². The molecule has 8 nitrogen and oxygen atoms in total. The first-order chi connectivity index (χ1) is 18.2. The number of carbonyl (C=O) groups excluding carboxylic acids is 1. The number of benzene rings is 1. The maximum Gasteiger partial charge on any atom is 0.303 e. The van der Waals surface area contributed by atoms with Crippen LogP contribution in [0, 0.1) is 11.3 Å². The molecule has 1 saturated carbocycles. The van der Waals surface area contributed by atoms with Crippen LogP contribution >= 0.6 is 0 Å². The molecule has 38 heavy (non-hydrogen) atoms. The van der Waals surface area contributed by atoms with Crippen molar-refractivity contribution in [1.82, 2.24) is 4.90 Å². The van der Waals surface area contributed by atoms with Crippen LogP contribution in [0.4, 0.5) is 0 Å². The highest BCUT2D eigenvalue weighted by atomic mass is 16.5. The molecule has 210 valence electrons. The Hall–Kier alpha value is -2.32. The number of carboxylic acid groups (broad SMARTS) is 1. The van der Waals surface area contributed by atoms with Gasteiger partial charge in [0.1, 0.15) is 5.60 Å². The van der Waals surface area contributed by atoms with Crippen LogP contribution in [-0.2, 0) is 14.3 Å². The van der Waals surface area contributed by atoms with E-state index in [4.69, 9.17) is 14.2 Å². The number of para-hydroxylation sites is 1. The Labute approximate surface area is 225 Å². The minimum absolute atomic E-state index is 0.00909. The molecule has 3 fully saturated rings. The van der Waals surface area contributed by atoms with Gasteiger partial charge in [-0.3, -0.25) is 9.59 Å². The Bertz CT molecular complexity index is 1030. The van der Waals surface area contributed by atoms with E-state index in [0.29, 0.717) is 44.2 Å². The highest BCUT2D eigenvalue weighted by Crippen LogP contribution is 2.58. The van der Waals surface area contributed by atoms with Crippen molar-refractivity contribution >= 4 is 11.9 Å². The number of carbonyl (C=O) groups is 2. The number of ether oxygens (including phenoxy) is 3. The van der Waals surface area contributed by atoms with E-state index in [1.807, 2.05) is 36.9 Å². The van der Waals surface area contributed by atoms with Crippen LogP contribution in [0.25, 0.3) is 0 Å². The molecule has 3 heterocycles. The van der Waals surface area contributed by atoms with E-state index in [1.54, 1.807) is 0 Å². The third kappa shape index (κ3) is 5.39. The van der Waals surface area contributed by atoms with Crippen molar-refractivity contribution in [3.05, 3.63) is 23.8 Å². The van der Waals surface area contributed by atoms with Crippen LogP contribution in [0.15, 0.2) is 18.2 Å². The standard InChI is InChI=1S/C30H43NO7/c1-3-36-23-9-7-8-21-26-22(28(2,38-27(21)23)13-10-25(33)34)18-29(20-37-26)14-16-31(17-15-29)24(32)19-30(35)11-5-4-6-12-30/h7-9,22,26,35H,3-6,10-20H2,1-2H3,(H,33,34)/t22-,26+,28+/m0/s1. The first kappa shape index (κ1) is 27.3. The topological polar surface area (TPSA) is 106 Å². The van der Waals surface area contributed by atoms with Gasteiger partial charge in [0.25, 0.3) is 0 Å². The highest BCUT2D eigenvalue weighted by molar-refractivity contribution is 5.77. The van der Waals surface area contributed by atoms with Crippen LogP contribution in [0.1, 0.15) is 96.1 Å². The first-order valence-electron chi connectivity index (χ1n) is 14.4. The van der Waals surface area contributed by atoms with E-state index >= 15 is 0 Å². The second-order valence-electron chi connectivity index (χ2n) is 12.3. The molecule has 1 aromatic carbocycles. The van der Waals surface area contributed by atoms with Gasteiger partial charge in [-0.2, -0.15) is 0 Å². The van der Waals surface area contributed by atoms with Crippen LogP contribution < -0.4 is 9.47 Å². The summed E-state index contributed by atoms with van der Waals surface area (Å²) in [7, 11) is 0. The zero-order valence-electron chi connectivity index (χ0n) is 22.9. The summed E-state index contributed by atoms with van der Waals surface area (Å²) in [6, 6.07) is 5.88. The van der Waals surface area contributed by atoms with E-state index in [0.717, 1.165) is 56.9 Å². The lowest BCUT2D eigenvalue weighted by molar-refractivity contribution is -0.184. The fourth-order valence-corrected chi connectivity index (χ4v) is 7.25. The molecule has 3 atom stereocenters. The summed E-state index contributed by atoms with van der Waals surface area (Å²) in [5.74, 6) is 0.544. The maximum atomic E-state index is 13.1. The Morgan fingerprint density at radius 3 is 2.55 bits per heavy atom. The predicted octanol–water partition coefficient (Wildman–Crippen LogP) is 4.87. The first-order valence-corrected chi connectivity index (χ1v) is 14.4. The number of fused-ring (bicyclic) bond motifs is 3. The summed E-state index contributed by atoms with van der Waals surface area (Å²) < 4.78 is 19.2. The fraction of sp³-hybridized carbons (Fsp3) is 0.733. The second-order valence-corrected chi connectivity index (χ2v) is 12.3. The summed E-state index contributed by atoms with van der Waals surface area (Å²) in [5.41, 5.74) is -0.668. The third-order valence-electron chi connectivity index (χ3n) is 9.60. The zero-order chi connectivity index (χ0) is 27.0. The molecule has 5 rings (SSSR count). The van der Waals surface area contributed by atoms with Crippen molar-refractivity contribution < 1.29 is 34.0 Å². The number of piperidine rings is 1. The lowest BCUT2D eigenvalue weighted by Gasteiger charge is -2.55. The number of aliphatic carboxylic acids is 1. The van der Waals surface area contributed by atoms with Gasteiger partial charge in [-0.1, -0.05) is 31.4 Å². The molecule has 4 aliphatic rings. The molecule has 0 unspecified atom stereocenters. The number of amides is 1. The minimum Gasteiger partial charge on any atom is -0.490 e. The molecule has 8 heteroatoms. The number of carboxylic acids is 1. The molecule has 3 aliphatic heterocycles. The van der Waals surface area contributed by atoms with Crippen LogP contribution in [0.5, 0.6) is 11.5 Å². The van der Waals surface area contributed by atoms with Crippen LogP contribution in [0.3, 0.4) is 0 Å². The molecule has 0 radical (unpaired) electrons. The van der Waals surface area contributed by atoms with Gasteiger partial charge in [-0.05, 0) is 63.9 Å². The van der Waals surface area contributed by atoms with Gasteiger partial charge in [-0.15, -0.1) is 0 Å². The predicted molar refractivity (Wildman–Crippen MR) is 141 cm³/mol. The second kappa shape index (κ2) is 10.7. The van der Waals surface area contributed by atoms with Crippen LogP contribution in [0.2, 0.25) is 0 Å². The van der Waals surface area contributed by atoms with E-state index in [2.05, 4.69) is 0 Å². The maximum absolute atomic E-state index is 13.1. The van der Waals surface area contributed by atoms with E-state index in [9.17, 15) is 19.8 Å². The lowest BCUT2D eigenvalue weighted by Crippen LogP contribution is -2.56. The van der Waals surface area contributed by atoms with Gasteiger partial charge < -0.3 is 29.3 Å².